The minimum absolute atomic E-state index is 0.0147. The van der Waals surface area contributed by atoms with Crippen LogP contribution in [0.15, 0.2) is 77.7 Å². The molecule has 4 rings (SSSR count). The molecule has 42 heavy (non-hydrogen) atoms. The SMILES string of the molecule is CC(C)(C)NS(=O)(=O)c1ccccc1-c1ccc(NC(=O)c2cc(C(F)(F)F)nn2-c2cccc(C(=N)N)c2)c(F)c1. The number of nitrogen functional groups attached to an aromatic ring is 1. The van der Waals surface area contributed by atoms with Crippen molar-refractivity contribution < 1.29 is 30.8 Å². The molecule has 0 saturated heterocycles. The van der Waals surface area contributed by atoms with Gasteiger partial charge in [-0.15, -0.1) is 0 Å². The first-order valence-corrected chi connectivity index (χ1v) is 13.8. The summed E-state index contributed by atoms with van der Waals surface area (Å²) in [6, 6.07) is 15.6. The largest absolute Gasteiger partial charge is 0.435 e. The van der Waals surface area contributed by atoms with Gasteiger partial charge in [0.05, 0.1) is 16.3 Å². The Kier molecular flexibility index (Phi) is 7.98. The summed E-state index contributed by atoms with van der Waals surface area (Å²) in [4.78, 5) is 13.0. The van der Waals surface area contributed by atoms with Gasteiger partial charge >= 0.3 is 6.18 Å². The van der Waals surface area contributed by atoms with E-state index >= 15 is 4.39 Å². The Balaban J connectivity index is 1.70. The van der Waals surface area contributed by atoms with Crippen LogP contribution in [0.5, 0.6) is 0 Å². The number of hydrogen-bond acceptors (Lipinski definition) is 5. The quantitative estimate of drug-likeness (QED) is 0.129. The predicted octanol–water partition coefficient (Wildman–Crippen LogP) is 5.31. The number of hydrogen-bond donors (Lipinski definition) is 4. The van der Waals surface area contributed by atoms with Gasteiger partial charge in [0.1, 0.15) is 17.3 Å². The summed E-state index contributed by atoms with van der Waals surface area (Å²) in [5.41, 5.74) is 3.00. The van der Waals surface area contributed by atoms with Crippen LogP contribution in [0, 0.1) is 11.2 Å². The van der Waals surface area contributed by atoms with Crippen molar-refractivity contribution in [2.75, 3.05) is 5.32 Å². The zero-order valence-corrected chi connectivity index (χ0v) is 23.4. The highest BCUT2D eigenvalue weighted by Crippen LogP contribution is 2.32. The molecular weight excluding hydrogens is 576 g/mol. The minimum Gasteiger partial charge on any atom is -0.384 e. The molecule has 0 fully saturated rings. The van der Waals surface area contributed by atoms with Crippen molar-refractivity contribution in [3.8, 4) is 16.8 Å². The van der Waals surface area contributed by atoms with Crippen molar-refractivity contribution in [2.45, 2.75) is 37.4 Å². The average Bonchev–Trinajstić information content (AvgIpc) is 3.35. The van der Waals surface area contributed by atoms with Crippen LogP contribution in [-0.4, -0.2) is 35.5 Å². The Morgan fingerprint density at radius 2 is 1.67 bits per heavy atom. The van der Waals surface area contributed by atoms with E-state index in [0.717, 1.165) is 10.7 Å². The summed E-state index contributed by atoms with van der Waals surface area (Å²) in [5, 5.41) is 13.4. The van der Waals surface area contributed by atoms with E-state index in [1.807, 2.05) is 0 Å². The number of nitrogens with one attached hydrogen (secondary N) is 3. The minimum atomic E-state index is -4.89. The van der Waals surface area contributed by atoms with E-state index in [2.05, 4.69) is 15.1 Å². The van der Waals surface area contributed by atoms with Gasteiger partial charge in [-0.3, -0.25) is 10.2 Å². The van der Waals surface area contributed by atoms with Gasteiger partial charge in [0.15, 0.2) is 5.69 Å². The molecule has 1 amide bonds. The Hall–Kier alpha value is -4.56. The zero-order valence-electron chi connectivity index (χ0n) is 22.5. The van der Waals surface area contributed by atoms with Crippen molar-refractivity contribution in [1.82, 2.24) is 14.5 Å². The van der Waals surface area contributed by atoms with E-state index in [0.29, 0.717) is 6.07 Å². The van der Waals surface area contributed by atoms with Gasteiger partial charge in [0.25, 0.3) is 5.91 Å². The lowest BCUT2D eigenvalue weighted by Gasteiger charge is -2.21. The lowest BCUT2D eigenvalue weighted by atomic mass is 10.0. The van der Waals surface area contributed by atoms with Crippen molar-refractivity contribution in [3.63, 3.8) is 0 Å². The first-order valence-electron chi connectivity index (χ1n) is 12.3. The van der Waals surface area contributed by atoms with Gasteiger partial charge < -0.3 is 11.1 Å². The molecule has 3 aromatic carbocycles. The second kappa shape index (κ2) is 11.0. The summed E-state index contributed by atoms with van der Waals surface area (Å²) in [6.45, 7) is 5.02. The molecule has 14 heteroatoms. The maximum Gasteiger partial charge on any atom is 0.435 e. The van der Waals surface area contributed by atoms with Crippen LogP contribution in [0.4, 0.5) is 23.2 Å². The first-order chi connectivity index (χ1) is 19.5. The summed E-state index contributed by atoms with van der Waals surface area (Å²) in [6.07, 6.45) is -4.89. The van der Waals surface area contributed by atoms with Crippen molar-refractivity contribution in [2.24, 2.45) is 5.73 Å². The van der Waals surface area contributed by atoms with E-state index in [-0.39, 0.29) is 38.8 Å². The highest BCUT2D eigenvalue weighted by molar-refractivity contribution is 7.89. The maximum absolute atomic E-state index is 15.3. The third-order valence-corrected chi connectivity index (χ3v) is 7.60. The number of sulfonamides is 1. The Morgan fingerprint density at radius 3 is 2.29 bits per heavy atom. The van der Waals surface area contributed by atoms with E-state index < -0.39 is 44.9 Å². The normalized spacial score (nSPS) is 12.3. The number of carbonyl (C=O) groups excluding carboxylic acids is 1. The summed E-state index contributed by atoms with van der Waals surface area (Å²) in [7, 11) is -3.99. The number of carbonyl (C=O) groups is 1. The van der Waals surface area contributed by atoms with E-state index in [9.17, 15) is 26.4 Å². The number of anilines is 1. The molecule has 0 aliphatic heterocycles. The molecule has 1 aromatic heterocycles. The van der Waals surface area contributed by atoms with E-state index in [1.165, 1.54) is 54.6 Å². The fourth-order valence-electron chi connectivity index (χ4n) is 4.05. The molecule has 0 unspecified atom stereocenters. The number of rotatable bonds is 7. The van der Waals surface area contributed by atoms with Crippen LogP contribution in [0.25, 0.3) is 16.8 Å². The highest BCUT2D eigenvalue weighted by Gasteiger charge is 2.36. The summed E-state index contributed by atoms with van der Waals surface area (Å²) < 4.78 is 85.0. The second-order valence-electron chi connectivity index (χ2n) is 10.3. The summed E-state index contributed by atoms with van der Waals surface area (Å²) in [5.74, 6) is -2.41. The molecular formula is C28H26F4N6O3S. The van der Waals surface area contributed by atoms with Crippen LogP contribution in [-0.2, 0) is 16.2 Å². The number of amides is 1. The van der Waals surface area contributed by atoms with Gasteiger partial charge in [0, 0.05) is 22.7 Å². The highest BCUT2D eigenvalue weighted by atomic mass is 32.2. The lowest BCUT2D eigenvalue weighted by molar-refractivity contribution is -0.141. The Labute approximate surface area is 238 Å². The zero-order chi connectivity index (χ0) is 31.0. The number of nitrogens with two attached hydrogens (primary N) is 1. The Morgan fingerprint density at radius 1 is 0.976 bits per heavy atom. The third kappa shape index (κ3) is 6.66. The molecule has 0 bridgehead atoms. The summed E-state index contributed by atoms with van der Waals surface area (Å²) >= 11 is 0. The molecule has 220 valence electrons. The standard InChI is InChI=1S/C28H26F4N6O3S/c1-27(2,3)37-42(40,41)23-10-5-4-9-19(23)16-11-12-21(20(29)14-16)35-26(39)22-15-24(28(30,31)32)36-38(22)18-8-6-7-17(13-18)25(33)34/h4-15,37H,1-3H3,(H3,33,34)(H,35,39). The molecule has 0 aliphatic rings. The topological polar surface area (TPSA) is 143 Å². The molecule has 0 aliphatic carbocycles. The first kappa shape index (κ1) is 30.4. The number of amidine groups is 1. The third-order valence-electron chi connectivity index (χ3n) is 5.78. The molecule has 0 atom stereocenters. The second-order valence-corrected chi connectivity index (χ2v) is 11.9. The molecule has 0 saturated carbocycles. The molecule has 4 aromatic rings. The van der Waals surface area contributed by atoms with E-state index in [4.69, 9.17) is 11.1 Å². The smallest absolute Gasteiger partial charge is 0.384 e. The fourth-order valence-corrected chi connectivity index (χ4v) is 5.70. The number of benzene rings is 3. The van der Waals surface area contributed by atoms with Crippen LogP contribution < -0.4 is 15.8 Å². The van der Waals surface area contributed by atoms with Gasteiger partial charge in [-0.05, 0) is 56.7 Å². The average molecular weight is 603 g/mol. The fraction of sp³-hybridized carbons (Fsp3) is 0.179. The lowest BCUT2D eigenvalue weighted by Crippen LogP contribution is -2.40. The predicted molar refractivity (Wildman–Crippen MR) is 149 cm³/mol. The Bertz CT molecular complexity index is 1790. The number of alkyl halides is 3. The van der Waals surface area contributed by atoms with Crippen molar-refractivity contribution in [1.29, 1.82) is 5.41 Å². The molecule has 0 radical (unpaired) electrons. The monoisotopic (exact) mass is 602 g/mol. The number of halogens is 4. The van der Waals surface area contributed by atoms with Gasteiger partial charge in [-0.25, -0.2) is 22.2 Å². The molecule has 9 nitrogen and oxygen atoms in total. The van der Waals surface area contributed by atoms with E-state index in [1.54, 1.807) is 26.8 Å². The maximum atomic E-state index is 15.3. The van der Waals surface area contributed by atoms with Gasteiger partial charge in [0.2, 0.25) is 10.0 Å². The van der Waals surface area contributed by atoms with Crippen molar-refractivity contribution >= 4 is 27.5 Å². The van der Waals surface area contributed by atoms with Crippen LogP contribution in [0.3, 0.4) is 0 Å². The van der Waals surface area contributed by atoms with Crippen LogP contribution in [0.1, 0.15) is 42.5 Å². The van der Waals surface area contributed by atoms with Crippen LogP contribution in [0.2, 0.25) is 0 Å². The van der Waals surface area contributed by atoms with Crippen LogP contribution >= 0.6 is 0 Å². The van der Waals surface area contributed by atoms with Crippen molar-refractivity contribution in [3.05, 3.63) is 95.6 Å². The van der Waals surface area contributed by atoms with Gasteiger partial charge in [-0.2, -0.15) is 18.3 Å². The molecule has 1 heterocycles. The van der Waals surface area contributed by atoms with Gasteiger partial charge in [-0.1, -0.05) is 36.4 Å². The molecule has 5 N–H and O–H groups in total. The number of nitrogens with zero attached hydrogens (tertiary/aromatic N) is 2. The number of aromatic nitrogens is 2. The molecule has 0 spiro atoms.